The third-order valence-electron chi connectivity index (χ3n) is 8.30. The molecule has 1 N–H and O–H groups in total. The Labute approximate surface area is 309 Å². The van der Waals surface area contributed by atoms with Crippen LogP contribution < -0.4 is 18.9 Å². The number of rotatable bonds is 18. The fourth-order valence-corrected chi connectivity index (χ4v) is 5.12. The van der Waals surface area contributed by atoms with Crippen molar-refractivity contribution in [3.05, 3.63) is 119 Å². The minimum Gasteiger partial charge on any atom is -0.491 e. The molecule has 4 rings (SSSR count). The predicted molar refractivity (Wildman–Crippen MR) is 210 cm³/mol. The largest absolute Gasteiger partial charge is 0.491 e. The fourth-order valence-electron chi connectivity index (χ4n) is 5.12. The lowest BCUT2D eigenvalue weighted by atomic mass is 9.78. The van der Waals surface area contributed by atoms with Gasteiger partial charge in [0, 0.05) is 62.3 Å². The third-order valence-corrected chi connectivity index (χ3v) is 8.30. The number of hydrogen-bond donors (Lipinski definition) is 1. The van der Waals surface area contributed by atoms with Crippen molar-refractivity contribution in [3.63, 3.8) is 0 Å². The topological polar surface area (TPSA) is 75.6 Å². The third kappa shape index (κ3) is 11.8. The summed E-state index contributed by atoms with van der Waals surface area (Å²) >= 11 is 4.24. The Morgan fingerprint density at radius 1 is 0.458 bits per heavy atom. The first-order valence-corrected chi connectivity index (χ1v) is 22.2. The molecule has 0 unspecified atom stereocenters. The second-order valence-corrected chi connectivity index (χ2v) is 12.3. The van der Waals surface area contributed by atoms with E-state index in [0.29, 0.717) is 37.9 Å². The summed E-state index contributed by atoms with van der Waals surface area (Å²) in [7, 11) is 3.32. The Hall–Kier alpha value is -2.58. The average molecular weight is 883 g/mol. The normalized spacial score (nSPS) is 11.5. The van der Waals surface area contributed by atoms with E-state index in [1.807, 2.05) is 48.5 Å². The van der Waals surface area contributed by atoms with Crippen LogP contribution in [0, 0.1) is 0 Å². The molecule has 48 heavy (non-hydrogen) atoms. The fraction of sp³-hybridized carbons (Fsp3) is 0.385. The summed E-state index contributed by atoms with van der Waals surface area (Å²) in [5.74, 6) is 3.04. The van der Waals surface area contributed by atoms with Gasteiger partial charge in [0.1, 0.15) is 55.5 Å². The Morgan fingerprint density at radius 3 is 0.958 bits per heavy atom. The zero-order valence-electron chi connectivity index (χ0n) is 28.7. The van der Waals surface area contributed by atoms with Crippen LogP contribution in [0.5, 0.6) is 23.0 Å². The lowest BCUT2D eigenvalue weighted by Crippen LogP contribution is -2.25. The van der Waals surface area contributed by atoms with Crippen LogP contribution in [0.3, 0.4) is 0 Å². The van der Waals surface area contributed by atoms with Gasteiger partial charge in [0.15, 0.2) is 0 Å². The van der Waals surface area contributed by atoms with Crippen molar-refractivity contribution in [3.8, 4) is 23.0 Å². The summed E-state index contributed by atoms with van der Waals surface area (Å²) in [6.07, 6.45) is -0.776. The Morgan fingerprint density at radius 2 is 0.708 bits per heavy atom. The standard InChI is InChI=1S/C39H48O7.I2/c1-38(2,29-7-15-34(16-8-29)43-25-23-41-5)31-11-19-36(20-12-31)45-27-33(40)28-46-37-21-13-32(14-22-37)39(3,4)30-9-17-35(18-10-30)44-26-24-42-6;1-2/h7-22,33,40H,23-28H2,1-6H3;. The number of hydrogen-bond acceptors (Lipinski definition) is 7. The van der Waals surface area contributed by atoms with Crippen LogP contribution in [-0.2, 0) is 20.3 Å². The van der Waals surface area contributed by atoms with Gasteiger partial charge in [0.25, 0.3) is 0 Å². The van der Waals surface area contributed by atoms with E-state index in [0.717, 1.165) is 22.6 Å². The molecule has 0 aliphatic heterocycles. The van der Waals surface area contributed by atoms with Crippen LogP contribution >= 0.6 is 37.2 Å². The molecule has 0 radical (unpaired) electrons. The molecule has 9 heteroatoms. The second-order valence-electron chi connectivity index (χ2n) is 12.3. The molecule has 0 amide bonds. The van der Waals surface area contributed by atoms with Gasteiger partial charge in [-0.1, -0.05) is 76.2 Å². The molecule has 0 fully saturated rings. The quantitative estimate of drug-likeness (QED) is 0.0791. The van der Waals surface area contributed by atoms with Crippen molar-refractivity contribution in [1.82, 2.24) is 0 Å². The highest BCUT2D eigenvalue weighted by Crippen LogP contribution is 2.34. The number of methoxy groups -OCH3 is 2. The Kier molecular flexibility index (Phi) is 16.8. The maximum atomic E-state index is 10.5. The predicted octanol–water partition coefficient (Wildman–Crippen LogP) is 8.98. The number of benzene rings is 4. The molecule has 0 bridgehead atoms. The van der Waals surface area contributed by atoms with E-state index in [2.05, 4.69) is 113 Å². The van der Waals surface area contributed by atoms with Gasteiger partial charge in [-0.05, 0) is 70.8 Å². The molecule has 0 atom stereocenters. The molecule has 260 valence electrons. The summed E-state index contributed by atoms with van der Waals surface area (Å²) in [5.41, 5.74) is 4.28. The van der Waals surface area contributed by atoms with E-state index < -0.39 is 6.10 Å². The van der Waals surface area contributed by atoms with Gasteiger partial charge >= 0.3 is 0 Å². The van der Waals surface area contributed by atoms with Gasteiger partial charge in [-0.3, -0.25) is 0 Å². The van der Waals surface area contributed by atoms with E-state index in [9.17, 15) is 5.11 Å². The maximum absolute atomic E-state index is 10.5. The Balaban J connectivity index is 0.00000307. The van der Waals surface area contributed by atoms with Gasteiger partial charge in [-0.2, -0.15) is 0 Å². The molecule has 4 aromatic rings. The summed E-state index contributed by atoms with van der Waals surface area (Å²) in [6.45, 7) is 11.2. The molecular weight excluding hydrogens is 834 g/mol. The van der Waals surface area contributed by atoms with Crippen molar-refractivity contribution in [2.45, 2.75) is 44.6 Å². The van der Waals surface area contributed by atoms with Crippen LogP contribution in [0.1, 0.15) is 49.9 Å². The van der Waals surface area contributed by atoms with Crippen LogP contribution in [0.25, 0.3) is 0 Å². The minimum absolute atomic E-state index is 0.129. The SMILES string of the molecule is COCCOc1ccc(C(C)(C)c2ccc(OCC(O)COc3ccc(C(C)(C)c4ccc(OCCOC)cc4)cc3)cc2)cc1.II. The molecule has 0 aliphatic rings. The van der Waals surface area contributed by atoms with Crippen molar-refractivity contribution in [2.75, 3.05) is 53.9 Å². The maximum Gasteiger partial charge on any atom is 0.122 e. The lowest BCUT2D eigenvalue weighted by Gasteiger charge is -2.27. The van der Waals surface area contributed by atoms with Gasteiger partial charge < -0.3 is 33.5 Å². The molecule has 0 aromatic heterocycles. The number of aliphatic hydroxyl groups excluding tert-OH is 1. The number of halogens is 2. The summed E-state index contributed by atoms with van der Waals surface area (Å²) < 4.78 is 33.2. The van der Waals surface area contributed by atoms with Crippen molar-refractivity contribution in [2.24, 2.45) is 0 Å². The molecule has 0 aliphatic carbocycles. The highest BCUT2D eigenvalue weighted by molar-refractivity contribution is 15.0. The summed E-state index contributed by atoms with van der Waals surface area (Å²) in [6, 6.07) is 32.4. The van der Waals surface area contributed by atoms with Gasteiger partial charge in [-0.15, -0.1) is 0 Å². The Bertz CT molecular complexity index is 1340. The first-order chi connectivity index (χ1) is 23.1. The van der Waals surface area contributed by atoms with Crippen molar-refractivity contribution >= 4 is 37.2 Å². The summed E-state index contributed by atoms with van der Waals surface area (Å²) in [4.78, 5) is 0. The van der Waals surface area contributed by atoms with E-state index >= 15 is 0 Å². The highest BCUT2D eigenvalue weighted by atomic mass is 128. The van der Waals surface area contributed by atoms with Crippen LogP contribution in [-0.4, -0.2) is 65.1 Å². The average Bonchev–Trinajstić information content (AvgIpc) is 3.12. The zero-order valence-corrected chi connectivity index (χ0v) is 33.0. The van der Waals surface area contributed by atoms with E-state index in [-0.39, 0.29) is 24.0 Å². The van der Waals surface area contributed by atoms with E-state index in [4.69, 9.17) is 28.4 Å². The lowest BCUT2D eigenvalue weighted by molar-refractivity contribution is 0.0626. The first-order valence-electron chi connectivity index (χ1n) is 15.9. The second kappa shape index (κ2) is 20.2. The zero-order chi connectivity index (χ0) is 35.0. The monoisotopic (exact) mass is 882 g/mol. The van der Waals surface area contributed by atoms with Crippen LogP contribution in [0.4, 0.5) is 0 Å². The van der Waals surface area contributed by atoms with E-state index in [1.165, 1.54) is 11.1 Å². The molecule has 0 saturated carbocycles. The number of aliphatic hydroxyl groups is 1. The molecular formula is C39H48I2O7. The highest BCUT2D eigenvalue weighted by Gasteiger charge is 2.24. The molecule has 0 saturated heterocycles. The van der Waals surface area contributed by atoms with E-state index in [1.54, 1.807) is 14.2 Å². The van der Waals surface area contributed by atoms with Crippen molar-refractivity contribution in [1.29, 1.82) is 0 Å². The molecule has 0 spiro atoms. The van der Waals surface area contributed by atoms with Gasteiger partial charge in [0.2, 0.25) is 0 Å². The van der Waals surface area contributed by atoms with Crippen molar-refractivity contribution < 1.29 is 33.5 Å². The molecule has 7 nitrogen and oxygen atoms in total. The molecule has 4 aromatic carbocycles. The summed E-state index contributed by atoms with van der Waals surface area (Å²) in [5, 5.41) is 10.5. The number of ether oxygens (including phenoxy) is 6. The first kappa shape index (κ1) is 39.9. The minimum atomic E-state index is -0.776. The van der Waals surface area contributed by atoms with Crippen LogP contribution in [0.2, 0.25) is 0 Å². The van der Waals surface area contributed by atoms with Gasteiger partial charge in [0.05, 0.1) is 13.2 Å². The molecule has 0 heterocycles. The van der Waals surface area contributed by atoms with Gasteiger partial charge in [-0.25, -0.2) is 0 Å². The smallest absolute Gasteiger partial charge is 0.122 e. The van der Waals surface area contributed by atoms with Crippen LogP contribution in [0.15, 0.2) is 97.1 Å².